The summed E-state index contributed by atoms with van der Waals surface area (Å²) in [6, 6.07) is 9.03. The number of pyridine rings is 3. The van der Waals surface area contributed by atoms with E-state index in [0.717, 1.165) is 37.6 Å². The number of nitrogens with one attached hydrogen (secondary N) is 3. The Morgan fingerprint density at radius 3 is 2.59 bits per heavy atom. The Hall–Kier alpha value is -4.91. The second-order valence-corrected chi connectivity index (χ2v) is 9.86. The molecule has 1 fully saturated rings. The molecule has 0 spiro atoms. The van der Waals surface area contributed by atoms with Crippen molar-refractivity contribution >= 4 is 40.0 Å². The van der Waals surface area contributed by atoms with E-state index in [1.807, 2.05) is 18.2 Å². The summed E-state index contributed by atoms with van der Waals surface area (Å²) in [5.74, 6) is -0.107. The van der Waals surface area contributed by atoms with Crippen LogP contribution in [0, 0.1) is 0 Å². The van der Waals surface area contributed by atoms with Crippen LogP contribution in [0.2, 0.25) is 0 Å². The third-order valence-electron chi connectivity index (χ3n) is 7.09. The van der Waals surface area contributed by atoms with Crippen molar-refractivity contribution in [3.63, 3.8) is 0 Å². The van der Waals surface area contributed by atoms with E-state index >= 15 is 0 Å². The molecule has 6 heterocycles. The molecule has 0 radical (unpaired) electrons. The number of H-pyrrole nitrogens is 1. The van der Waals surface area contributed by atoms with Crippen molar-refractivity contribution in [3.05, 3.63) is 72.6 Å². The molecule has 0 unspecified atom stereocenters. The van der Waals surface area contributed by atoms with Crippen LogP contribution < -0.4 is 15.5 Å². The van der Waals surface area contributed by atoms with Crippen LogP contribution in [0.4, 0.5) is 20.3 Å². The van der Waals surface area contributed by atoms with Crippen LogP contribution in [0.1, 0.15) is 20.8 Å². The highest BCUT2D eigenvalue weighted by molar-refractivity contribution is 6.07. The monoisotopic (exact) mass is 559 g/mol. The third-order valence-corrected chi connectivity index (χ3v) is 7.09. The molecule has 11 nitrogen and oxygen atoms in total. The lowest BCUT2D eigenvalue weighted by atomic mass is 10.1. The number of hydrogen-bond donors (Lipinski definition) is 3. The van der Waals surface area contributed by atoms with Crippen molar-refractivity contribution in [1.29, 1.82) is 0 Å². The molecular formula is C28H27F2N9O2. The lowest BCUT2D eigenvalue weighted by Gasteiger charge is -2.33. The topological polar surface area (TPSA) is 124 Å². The number of carbonyl (C=O) groups excluding carboxylic acids is 2. The number of alkyl halides is 2. The first-order chi connectivity index (χ1) is 19.9. The number of aromatic amines is 1. The summed E-state index contributed by atoms with van der Waals surface area (Å²) >= 11 is 0. The predicted octanol–water partition coefficient (Wildman–Crippen LogP) is 3.27. The fourth-order valence-corrected chi connectivity index (χ4v) is 4.82. The van der Waals surface area contributed by atoms with Crippen LogP contribution in [0.15, 0.2) is 61.3 Å². The average molecular weight is 560 g/mol. The molecule has 5 aromatic rings. The number of hydrogen-bond acceptors (Lipinski definition) is 7. The van der Waals surface area contributed by atoms with E-state index in [1.54, 1.807) is 30.7 Å². The fraction of sp³-hybridized carbons (Fsp3) is 0.250. The van der Waals surface area contributed by atoms with E-state index in [0.29, 0.717) is 33.5 Å². The van der Waals surface area contributed by atoms with E-state index < -0.39 is 18.9 Å². The molecule has 5 aromatic heterocycles. The van der Waals surface area contributed by atoms with E-state index in [1.165, 1.54) is 16.8 Å². The summed E-state index contributed by atoms with van der Waals surface area (Å²) in [7, 11) is 2.10. The Morgan fingerprint density at radius 1 is 1.00 bits per heavy atom. The molecule has 0 bridgehead atoms. The maximum Gasteiger partial charge on any atom is 0.270 e. The highest BCUT2D eigenvalue weighted by atomic mass is 19.3. The van der Waals surface area contributed by atoms with E-state index in [4.69, 9.17) is 0 Å². The minimum absolute atomic E-state index is 0.132. The molecule has 0 aliphatic carbocycles. The van der Waals surface area contributed by atoms with Crippen molar-refractivity contribution in [2.75, 3.05) is 50.0 Å². The van der Waals surface area contributed by atoms with Crippen molar-refractivity contribution in [3.8, 4) is 11.1 Å². The molecule has 6 rings (SSSR count). The zero-order valence-corrected chi connectivity index (χ0v) is 22.1. The normalized spacial score (nSPS) is 14.2. The first-order valence-electron chi connectivity index (χ1n) is 13.1. The third kappa shape index (κ3) is 5.43. The van der Waals surface area contributed by atoms with E-state index in [9.17, 15) is 18.4 Å². The molecule has 0 atom stereocenters. The lowest BCUT2D eigenvalue weighted by Crippen LogP contribution is -2.44. The fourth-order valence-electron chi connectivity index (χ4n) is 4.82. The van der Waals surface area contributed by atoms with Gasteiger partial charge in [0, 0.05) is 61.3 Å². The Balaban J connectivity index is 1.22. The summed E-state index contributed by atoms with van der Waals surface area (Å²) in [6.07, 6.45) is 5.28. The van der Waals surface area contributed by atoms with Gasteiger partial charge >= 0.3 is 0 Å². The Bertz CT molecular complexity index is 1720. The lowest BCUT2D eigenvalue weighted by molar-refractivity contribution is 0.0886. The van der Waals surface area contributed by atoms with Gasteiger partial charge in [-0.05, 0) is 37.4 Å². The summed E-state index contributed by atoms with van der Waals surface area (Å²) in [4.78, 5) is 46.3. The van der Waals surface area contributed by atoms with Crippen LogP contribution in [0.5, 0.6) is 0 Å². The number of imidazole rings is 1. The number of likely N-dealkylation sites (N-methyl/N-ethyl adjacent to an activating group) is 1. The first-order valence-corrected chi connectivity index (χ1v) is 13.1. The second-order valence-electron chi connectivity index (χ2n) is 9.86. The Kier molecular flexibility index (Phi) is 7.01. The minimum Gasteiger partial charge on any atom is -0.354 e. The van der Waals surface area contributed by atoms with Gasteiger partial charge in [-0.25, -0.2) is 23.7 Å². The zero-order valence-electron chi connectivity index (χ0n) is 22.1. The number of anilines is 2. The van der Waals surface area contributed by atoms with Gasteiger partial charge in [0.15, 0.2) is 0 Å². The quantitative estimate of drug-likeness (QED) is 0.280. The van der Waals surface area contributed by atoms with Crippen LogP contribution in [-0.2, 0) is 0 Å². The van der Waals surface area contributed by atoms with Crippen molar-refractivity contribution in [1.82, 2.24) is 34.6 Å². The van der Waals surface area contributed by atoms with Gasteiger partial charge in [0.2, 0.25) is 0 Å². The van der Waals surface area contributed by atoms with Gasteiger partial charge in [0.05, 0.1) is 30.2 Å². The number of fused-ring (bicyclic) bond motifs is 2. The van der Waals surface area contributed by atoms with Crippen molar-refractivity contribution < 1.29 is 18.4 Å². The summed E-state index contributed by atoms with van der Waals surface area (Å²) in [5.41, 5.74) is 3.59. The number of piperazine rings is 1. The second kappa shape index (κ2) is 10.9. The van der Waals surface area contributed by atoms with Gasteiger partial charge in [-0.15, -0.1) is 0 Å². The molecule has 1 aliphatic rings. The number of rotatable bonds is 7. The number of halogens is 2. The SMILES string of the molecule is CN1CCN(c2ccc(NC(=O)c3cnc4[nH]cc(-c5ccc6ncc(C(=O)NCC(F)F)n6c5)c4c3)cn2)CC1. The number of aromatic nitrogens is 5. The van der Waals surface area contributed by atoms with E-state index in [-0.39, 0.29) is 11.6 Å². The number of amides is 2. The zero-order chi connectivity index (χ0) is 28.5. The smallest absolute Gasteiger partial charge is 0.270 e. The van der Waals surface area contributed by atoms with Gasteiger partial charge in [0.25, 0.3) is 18.2 Å². The predicted molar refractivity (Wildman–Crippen MR) is 151 cm³/mol. The molecule has 0 saturated carbocycles. The van der Waals surface area contributed by atoms with E-state index in [2.05, 4.69) is 47.4 Å². The van der Waals surface area contributed by atoms with Gasteiger partial charge in [-0.2, -0.15) is 0 Å². The highest BCUT2D eigenvalue weighted by Gasteiger charge is 2.18. The maximum absolute atomic E-state index is 13.1. The summed E-state index contributed by atoms with van der Waals surface area (Å²) in [5, 5.41) is 5.78. The molecule has 1 saturated heterocycles. The van der Waals surface area contributed by atoms with Crippen LogP contribution in [0.3, 0.4) is 0 Å². The largest absolute Gasteiger partial charge is 0.354 e. The number of carbonyl (C=O) groups is 2. The van der Waals surface area contributed by atoms with Gasteiger partial charge in [-0.3, -0.25) is 14.0 Å². The van der Waals surface area contributed by atoms with Gasteiger partial charge in [0.1, 0.15) is 22.8 Å². The highest BCUT2D eigenvalue weighted by Crippen LogP contribution is 2.29. The maximum atomic E-state index is 13.1. The van der Waals surface area contributed by atoms with Crippen LogP contribution in [0.25, 0.3) is 27.8 Å². The van der Waals surface area contributed by atoms with Gasteiger partial charge in [-0.1, -0.05) is 0 Å². The average Bonchev–Trinajstić information content (AvgIpc) is 3.60. The van der Waals surface area contributed by atoms with Crippen molar-refractivity contribution in [2.24, 2.45) is 0 Å². The molecular weight excluding hydrogens is 532 g/mol. The van der Waals surface area contributed by atoms with Crippen LogP contribution in [-0.4, -0.2) is 87.2 Å². The molecule has 210 valence electrons. The first kappa shape index (κ1) is 26.3. The van der Waals surface area contributed by atoms with Crippen molar-refractivity contribution in [2.45, 2.75) is 6.43 Å². The number of nitrogens with zero attached hydrogens (tertiary/aromatic N) is 6. The summed E-state index contributed by atoms with van der Waals surface area (Å²) in [6.45, 7) is 3.01. The Labute approximate surface area is 233 Å². The molecule has 0 aromatic carbocycles. The molecule has 2 amide bonds. The summed E-state index contributed by atoms with van der Waals surface area (Å²) < 4.78 is 26.7. The van der Waals surface area contributed by atoms with Gasteiger partial charge < -0.3 is 25.4 Å². The standard InChI is InChI=1S/C28H27F2N9O2/c1-37-6-8-38(9-7-37)24-5-3-19(12-31-24)36-27(40)18-10-20-21(13-34-26(20)33-11-18)17-2-4-25-32-14-22(39(25)16-17)28(41)35-15-23(29)30/h2-5,10-14,16,23H,6-9,15H2,1H3,(H,33,34)(H,35,41)(H,36,40). The molecule has 13 heteroatoms. The molecule has 1 aliphatic heterocycles. The Morgan fingerprint density at radius 2 is 1.83 bits per heavy atom. The van der Waals surface area contributed by atoms with Crippen LogP contribution >= 0.6 is 0 Å². The minimum atomic E-state index is -2.66. The molecule has 41 heavy (non-hydrogen) atoms. The molecule has 3 N–H and O–H groups in total.